The van der Waals surface area contributed by atoms with Crippen LogP contribution in [0, 0.1) is 0 Å². The number of carbonyl (C=O) groups excluding carboxylic acids is 1. The summed E-state index contributed by atoms with van der Waals surface area (Å²) in [4.78, 5) is 12.7. The highest BCUT2D eigenvalue weighted by Crippen LogP contribution is 2.40. The minimum atomic E-state index is -0.159. The van der Waals surface area contributed by atoms with Crippen LogP contribution in [0.25, 0.3) is 0 Å². The topological polar surface area (TPSA) is 56.8 Å². The lowest BCUT2D eigenvalue weighted by Gasteiger charge is -2.38. The zero-order valence-electron chi connectivity index (χ0n) is 16.0. The zero-order valence-corrected chi connectivity index (χ0v) is 16.8. The molecule has 0 unspecified atom stereocenters. The van der Waals surface area contributed by atoms with Gasteiger partial charge in [-0.25, -0.2) is 0 Å². The normalized spacial score (nSPS) is 17.3. The molecule has 148 valence electrons. The smallest absolute Gasteiger partial charge is 0.251 e. The molecule has 6 heteroatoms. The molecule has 0 bridgehead atoms. The van der Waals surface area contributed by atoms with Crippen LogP contribution in [-0.4, -0.2) is 38.7 Å². The highest BCUT2D eigenvalue weighted by molar-refractivity contribution is 7.97. The number of carbonyl (C=O) groups is 1. The molecule has 1 fully saturated rings. The predicted molar refractivity (Wildman–Crippen MR) is 110 cm³/mol. The van der Waals surface area contributed by atoms with Crippen LogP contribution in [0.4, 0.5) is 0 Å². The Morgan fingerprint density at radius 1 is 1.07 bits per heavy atom. The predicted octanol–water partition coefficient (Wildman–Crippen LogP) is 3.76. The van der Waals surface area contributed by atoms with E-state index in [9.17, 15) is 4.79 Å². The van der Waals surface area contributed by atoms with Gasteiger partial charge in [0.05, 0.1) is 0 Å². The molecule has 0 radical (unpaired) electrons. The van der Waals surface area contributed by atoms with Crippen molar-refractivity contribution in [3.05, 3.63) is 59.2 Å². The van der Waals surface area contributed by atoms with Crippen molar-refractivity contribution in [1.29, 1.82) is 0 Å². The quantitative estimate of drug-likeness (QED) is 0.802. The summed E-state index contributed by atoms with van der Waals surface area (Å²) in [7, 11) is 0. The lowest BCUT2D eigenvalue weighted by Crippen LogP contribution is -2.44. The van der Waals surface area contributed by atoms with E-state index in [1.54, 1.807) is 11.8 Å². The minimum absolute atomic E-state index is 0.0395. The van der Waals surface area contributed by atoms with E-state index in [2.05, 4.69) is 23.7 Å². The monoisotopic (exact) mass is 399 g/mol. The maximum atomic E-state index is 12.7. The Hall–Kier alpha value is -2.18. The molecule has 2 aliphatic heterocycles. The van der Waals surface area contributed by atoms with Gasteiger partial charge in [0.15, 0.2) is 11.5 Å². The fourth-order valence-corrected chi connectivity index (χ4v) is 4.35. The Kier molecular flexibility index (Phi) is 5.78. The lowest BCUT2D eigenvalue weighted by molar-refractivity contribution is 0.0486. The first kappa shape index (κ1) is 19.2. The van der Waals surface area contributed by atoms with Crippen molar-refractivity contribution in [2.24, 2.45) is 0 Å². The summed E-state index contributed by atoms with van der Waals surface area (Å²) in [6.45, 7) is 2.21. The van der Waals surface area contributed by atoms with Crippen molar-refractivity contribution >= 4 is 17.7 Å². The first-order valence-corrected chi connectivity index (χ1v) is 10.9. The Balaban J connectivity index is 1.50. The van der Waals surface area contributed by atoms with Gasteiger partial charge in [-0.15, -0.1) is 0 Å². The molecule has 2 aromatic carbocycles. The second-order valence-corrected chi connectivity index (χ2v) is 8.14. The van der Waals surface area contributed by atoms with Crippen LogP contribution in [0.5, 0.6) is 11.5 Å². The van der Waals surface area contributed by atoms with Gasteiger partial charge in [0.1, 0.15) is 0 Å². The molecule has 2 aliphatic rings. The van der Waals surface area contributed by atoms with E-state index in [1.165, 1.54) is 5.56 Å². The highest BCUT2D eigenvalue weighted by atomic mass is 32.2. The number of nitrogens with one attached hydrogen (secondary N) is 1. The Labute approximate surface area is 169 Å². The van der Waals surface area contributed by atoms with Crippen LogP contribution in [0.1, 0.15) is 34.3 Å². The summed E-state index contributed by atoms with van der Waals surface area (Å²) in [5.41, 5.74) is 2.92. The van der Waals surface area contributed by atoms with E-state index in [0.29, 0.717) is 25.3 Å². The number of hydrogen-bond acceptors (Lipinski definition) is 5. The van der Waals surface area contributed by atoms with Gasteiger partial charge in [-0.05, 0) is 54.5 Å². The van der Waals surface area contributed by atoms with Gasteiger partial charge in [0, 0.05) is 36.5 Å². The molecule has 2 aromatic rings. The summed E-state index contributed by atoms with van der Waals surface area (Å²) >= 11 is 1.77. The molecule has 4 rings (SSSR count). The molecule has 0 atom stereocenters. The Morgan fingerprint density at radius 2 is 1.82 bits per heavy atom. The average Bonchev–Trinajstić information content (AvgIpc) is 3.21. The fourth-order valence-electron chi connectivity index (χ4n) is 3.83. The largest absolute Gasteiger partial charge is 0.454 e. The van der Waals surface area contributed by atoms with Gasteiger partial charge in [0.2, 0.25) is 6.79 Å². The number of amides is 1. The van der Waals surface area contributed by atoms with Crippen LogP contribution >= 0.6 is 11.8 Å². The van der Waals surface area contributed by atoms with E-state index < -0.39 is 0 Å². The summed E-state index contributed by atoms with van der Waals surface area (Å²) in [5, 5.41) is 3.16. The van der Waals surface area contributed by atoms with E-state index >= 15 is 0 Å². The number of ether oxygens (including phenoxy) is 3. The van der Waals surface area contributed by atoms with Gasteiger partial charge < -0.3 is 19.5 Å². The number of rotatable bonds is 6. The molecule has 1 amide bonds. The minimum Gasteiger partial charge on any atom is -0.454 e. The molecule has 1 saturated heterocycles. The Bertz CT molecular complexity index is 831. The molecule has 2 heterocycles. The molecule has 0 spiro atoms. The molecule has 0 aromatic heterocycles. The SMILES string of the molecule is CSCc1ccc(C(=O)NCC2(c3ccc4c(c3)OCO4)CCOCC2)cc1. The van der Waals surface area contributed by atoms with Crippen LogP contribution in [0.15, 0.2) is 42.5 Å². The van der Waals surface area contributed by atoms with Gasteiger partial charge in [-0.2, -0.15) is 11.8 Å². The molecule has 0 saturated carbocycles. The molecule has 0 aliphatic carbocycles. The van der Waals surface area contributed by atoms with Crippen LogP contribution in [-0.2, 0) is 15.9 Å². The molecular formula is C22H25NO4S. The van der Waals surface area contributed by atoms with Crippen molar-refractivity contribution in [1.82, 2.24) is 5.32 Å². The number of benzene rings is 2. The lowest BCUT2D eigenvalue weighted by atomic mass is 9.74. The van der Waals surface area contributed by atoms with Crippen molar-refractivity contribution < 1.29 is 19.0 Å². The second-order valence-electron chi connectivity index (χ2n) is 7.27. The van der Waals surface area contributed by atoms with Crippen LogP contribution in [0.2, 0.25) is 0 Å². The van der Waals surface area contributed by atoms with E-state index in [1.807, 2.05) is 30.3 Å². The van der Waals surface area contributed by atoms with Crippen molar-refractivity contribution in [2.45, 2.75) is 24.0 Å². The maximum Gasteiger partial charge on any atom is 0.251 e. The number of thioether (sulfide) groups is 1. The third-order valence-electron chi connectivity index (χ3n) is 5.55. The van der Waals surface area contributed by atoms with Gasteiger partial charge in [-0.1, -0.05) is 18.2 Å². The maximum absolute atomic E-state index is 12.7. The average molecular weight is 400 g/mol. The third-order valence-corrected chi connectivity index (χ3v) is 6.17. The van der Waals surface area contributed by atoms with E-state index in [4.69, 9.17) is 14.2 Å². The third kappa shape index (κ3) is 3.98. The van der Waals surface area contributed by atoms with Crippen molar-refractivity contribution in [2.75, 3.05) is 32.8 Å². The van der Waals surface area contributed by atoms with E-state index in [0.717, 1.165) is 35.7 Å². The van der Waals surface area contributed by atoms with Crippen molar-refractivity contribution in [3.8, 4) is 11.5 Å². The highest BCUT2D eigenvalue weighted by Gasteiger charge is 2.36. The standard InChI is InChI=1S/C22H25NO4S/c1-28-13-16-2-4-17(5-3-16)21(24)23-14-22(8-10-25-11-9-22)18-6-7-19-20(12-18)27-15-26-19/h2-7,12H,8-11,13-15H2,1H3,(H,23,24). The first-order chi connectivity index (χ1) is 13.7. The van der Waals surface area contributed by atoms with Gasteiger partial charge >= 0.3 is 0 Å². The summed E-state index contributed by atoms with van der Waals surface area (Å²) in [6.07, 6.45) is 3.79. The fraction of sp³-hybridized carbons (Fsp3) is 0.409. The number of fused-ring (bicyclic) bond motifs is 1. The molecular weight excluding hydrogens is 374 g/mol. The summed E-state index contributed by atoms with van der Waals surface area (Å²) in [5.74, 6) is 2.47. The van der Waals surface area contributed by atoms with Crippen LogP contribution in [0.3, 0.4) is 0 Å². The van der Waals surface area contributed by atoms with Gasteiger partial charge in [-0.3, -0.25) is 4.79 Å². The summed E-state index contributed by atoms with van der Waals surface area (Å²) in [6, 6.07) is 13.9. The molecule has 1 N–H and O–H groups in total. The summed E-state index contributed by atoms with van der Waals surface area (Å²) < 4.78 is 16.6. The molecule has 5 nitrogen and oxygen atoms in total. The molecule has 28 heavy (non-hydrogen) atoms. The zero-order chi connectivity index (χ0) is 19.4. The van der Waals surface area contributed by atoms with Crippen molar-refractivity contribution in [3.63, 3.8) is 0 Å². The Morgan fingerprint density at radius 3 is 2.57 bits per heavy atom. The van der Waals surface area contributed by atoms with Crippen LogP contribution < -0.4 is 14.8 Å². The second kappa shape index (κ2) is 8.45. The first-order valence-electron chi connectivity index (χ1n) is 9.54. The van der Waals surface area contributed by atoms with Gasteiger partial charge in [0.25, 0.3) is 5.91 Å². The number of hydrogen-bond donors (Lipinski definition) is 1. The van der Waals surface area contributed by atoms with E-state index in [-0.39, 0.29) is 18.1 Å².